The van der Waals surface area contributed by atoms with E-state index in [4.69, 9.17) is 18.9 Å². The third kappa shape index (κ3) is 9.75. The molecule has 2 aromatic carbocycles. The van der Waals surface area contributed by atoms with Gasteiger partial charge in [0.25, 0.3) is 0 Å². The van der Waals surface area contributed by atoms with E-state index in [0.29, 0.717) is 59.8 Å². The first-order valence-corrected chi connectivity index (χ1v) is 15.5. The van der Waals surface area contributed by atoms with Gasteiger partial charge in [-0.25, -0.2) is 0 Å². The molecule has 2 aliphatic rings. The number of carbonyl (C=O) groups is 2. The molecule has 0 aliphatic carbocycles. The van der Waals surface area contributed by atoms with Crippen molar-refractivity contribution in [2.24, 2.45) is 11.8 Å². The summed E-state index contributed by atoms with van der Waals surface area (Å²) in [5, 5.41) is 6.94. The molecule has 244 valence electrons. The highest BCUT2D eigenvalue weighted by molar-refractivity contribution is 5.79. The molecule has 10 nitrogen and oxygen atoms in total. The largest absolute Gasteiger partial charge is 0.493 e. The van der Waals surface area contributed by atoms with Crippen LogP contribution in [0.3, 0.4) is 0 Å². The molecule has 2 heterocycles. The Morgan fingerprint density at radius 3 is 1.34 bits per heavy atom. The van der Waals surface area contributed by atoms with E-state index in [1.807, 2.05) is 46.2 Å². The summed E-state index contributed by atoms with van der Waals surface area (Å²) in [4.78, 5) is 28.9. The second-order valence-electron chi connectivity index (χ2n) is 12.0. The Bertz CT molecular complexity index is 1130. The predicted molar refractivity (Wildman–Crippen MR) is 173 cm³/mol. The van der Waals surface area contributed by atoms with Gasteiger partial charge in [0, 0.05) is 51.4 Å². The van der Waals surface area contributed by atoms with Gasteiger partial charge in [-0.1, -0.05) is 39.8 Å². The summed E-state index contributed by atoms with van der Waals surface area (Å²) in [6.45, 7) is 13.6. The summed E-state index contributed by atoms with van der Waals surface area (Å²) >= 11 is 0. The van der Waals surface area contributed by atoms with Crippen molar-refractivity contribution < 1.29 is 28.5 Å². The number of ether oxygens (including phenoxy) is 4. The lowest BCUT2D eigenvalue weighted by Crippen LogP contribution is -2.54. The minimum Gasteiger partial charge on any atom is -0.493 e. The maximum absolute atomic E-state index is 12.5. The Morgan fingerprint density at radius 1 is 0.659 bits per heavy atom. The van der Waals surface area contributed by atoms with Crippen molar-refractivity contribution in [3.8, 4) is 23.0 Å². The van der Waals surface area contributed by atoms with Crippen LogP contribution in [0.5, 0.6) is 23.0 Å². The summed E-state index contributed by atoms with van der Waals surface area (Å²) in [5.74, 6) is 4.06. The average molecular weight is 613 g/mol. The van der Waals surface area contributed by atoms with Crippen LogP contribution >= 0.6 is 0 Å². The highest BCUT2D eigenvalue weighted by Crippen LogP contribution is 2.29. The molecule has 2 amide bonds. The minimum atomic E-state index is 0.166. The van der Waals surface area contributed by atoms with E-state index in [2.05, 4.69) is 38.3 Å². The molecule has 2 saturated heterocycles. The van der Waals surface area contributed by atoms with Crippen molar-refractivity contribution in [3.05, 3.63) is 47.5 Å². The fourth-order valence-electron chi connectivity index (χ4n) is 5.46. The van der Waals surface area contributed by atoms with Crippen LogP contribution < -0.4 is 29.6 Å². The van der Waals surface area contributed by atoms with Crippen LogP contribution in [0.4, 0.5) is 0 Å². The standard InChI is InChI=1S/2C17H26N2O3/c2*1-12(2)14-11-19(8-7-18-14)17(20)10-13-5-6-15(21-3)16(9-13)22-4/h2*5-6,9,12,14,18H,7-8,10-11H2,1-4H3/t2*14-/m11/s1. The highest BCUT2D eigenvalue weighted by atomic mass is 16.5. The van der Waals surface area contributed by atoms with E-state index in [0.717, 1.165) is 50.4 Å². The summed E-state index contributed by atoms with van der Waals surface area (Å²) < 4.78 is 21.0. The molecule has 2 atom stereocenters. The fourth-order valence-corrected chi connectivity index (χ4v) is 5.46. The van der Waals surface area contributed by atoms with Crippen LogP contribution in [-0.4, -0.2) is 101 Å². The summed E-state index contributed by atoms with van der Waals surface area (Å²) in [6, 6.07) is 12.0. The van der Waals surface area contributed by atoms with Crippen LogP contribution in [0, 0.1) is 11.8 Å². The molecular weight excluding hydrogens is 560 g/mol. The Labute approximate surface area is 263 Å². The van der Waals surface area contributed by atoms with E-state index >= 15 is 0 Å². The van der Waals surface area contributed by atoms with Crippen LogP contribution in [0.15, 0.2) is 36.4 Å². The van der Waals surface area contributed by atoms with Gasteiger partial charge >= 0.3 is 0 Å². The smallest absolute Gasteiger partial charge is 0.227 e. The SMILES string of the molecule is COc1ccc(CC(=O)N2CCN[C@@H](C(C)C)C2)cc1OC.COc1ccc(CC(=O)N2CCN[C@@H](C(C)C)C2)cc1OC. The Hall–Kier alpha value is -3.50. The molecule has 44 heavy (non-hydrogen) atoms. The maximum atomic E-state index is 12.5. The molecule has 0 spiro atoms. The average Bonchev–Trinajstić information content (AvgIpc) is 3.04. The van der Waals surface area contributed by atoms with E-state index in [1.165, 1.54) is 0 Å². The number of nitrogens with one attached hydrogen (secondary N) is 2. The lowest BCUT2D eigenvalue weighted by Gasteiger charge is -2.35. The first kappa shape index (κ1) is 35.0. The Morgan fingerprint density at radius 2 is 1.02 bits per heavy atom. The van der Waals surface area contributed by atoms with Gasteiger partial charge in [-0.05, 0) is 47.2 Å². The molecule has 0 unspecified atom stereocenters. The fraction of sp³-hybridized carbons (Fsp3) is 0.588. The molecule has 0 aromatic heterocycles. The number of methoxy groups -OCH3 is 4. The van der Waals surface area contributed by atoms with Crippen molar-refractivity contribution in [2.45, 2.75) is 52.6 Å². The predicted octanol–water partition coefficient (Wildman–Crippen LogP) is 3.41. The monoisotopic (exact) mass is 612 g/mol. The molecule has 0 bridgehead atoms. The number of piperazine rings is 2. The van der Waals surface area contributed by atoms with Gasteiger partial charge in [-0.2, -0.15) is 0 Å². The number of hydrogen-bond acceptors (Lipinski definition) is 8. The molecule has 0 radical (unpaired) electrons. The van der Waals surface area contributed by atoms with Gasteiger partial charge in [0.15, 0.2) is 23.0 Å². The molecular formula is C34H52N4O6. The number of nitrogens with zero attached hydrogens (tertiary/aromatic N) is 2. The number of amides is 2. The first-order chi connectivity index (χ1) is 21.1. The lowest BCUT2D eigenvalue weighted by molar-refractivity contribution is -0.132. The van der Waals surface area contributed by atoms with Crippen molar-refractivity contribution in [1.29, 1.82) is 0 Å². The molecule has 2 aromatic rings. The van der Waals surface area contributed by atoms with Crippen LogP contribution in [-0.2, 0) is 22.4 Å². The number of carbonyl (C=O) groups excluding carboxylic acids is 2. The van der Waals surface area contributed by atoms with Crippen molar-refractivity contribution in [1.82, 2.24) is 20.4 Å². The van der Waals surface area contributed by atoms with Gasteiger partial charge < -0.3 is 39.4 Å². The number of hydrogen-bond donors (Lipinski definition) is 2. The second kappa shape index (κ2) is 17.1. The molecule has 0 saturated carbocycles. The summed E-state index contributed by atoms with van der Waals surface area (Å²) in [5.41, 5.74) is 1.89. The van der Waals surface area contributed by atoms with E-state index in [9.17, 15) is 9.59 Å². The van der Waals surface area contributed by atoms with Gasteiger partial charge in [0.05, 0.1) is 41.3 Å². The van der Waals surface area contributed by atoms with E-state index in [1.54, 1.807) is 28.4 Å². The number of benzene rings is 2. The van der Waals surface area contributed by atoms with Crippen LogP contribution in [0.25, 0.3) is 0 Å². The minimum absolute atomic E-state index is 0.166. The topological polar surface area (TPSA) is 102 Å². The van der Waals surface area contributed by atoms with Crippen molar-refractivity contribution in [2.75, 3.05) is 67.7 Å². The second-order valence-corrected chi connectivity index (χ2v) is 12.0. The van der Waals surface area contributed by atoms with Gasteiger partial charge in [-0.3, -0.25) is 9.59 Å². The van der Waals surface area contributed by atoms with E-state index < -0.39 is 0 Å². The Kier molecular flexibility index (Phi) is 13.6. The number of rotatable bonds is 10. The van der Waals surface area contributed by atoms with Gasteiger partial charge in [-0.15, -0.1) is 0 Å². The first-order valence-electron chi connectivity index (χ1n) is 15.5. The summed E-state index contributed by atoms with van der Waals surface area (Å²) in [6.07, 6.45) is 0.788. The Balaban J connectivity index is 0.000000240. The zero-order valence-electron chi connectivity index (χ0n) is 27.8. The summed E-state index contributed by atoms with van der Waals surface area (Å²) in [7, 11) is 6.42. The maximum Gasteiger partial charge on any atom is 0.227 e. The molecule has 2 aliphatic heterocycles. The molecule has 2 fully saturated rings. The van der Waals surface area contributed by atoms with Crippen molar-refractivity contribution >= 4 is 11.8 Å². The molecule has 4 rings (SSSR count). The van der Waals surface area contributed by atoms with E-state index in [-0.39, 0.29) is 11.8 Å². The molecule has 2 N–H and O–H groups in total. The zero-order chi connectivity index (χ0) is 32.2. The quantitative estimate of drug-likeness (QED) is 0.421. The highest BCUT2D eigenvalue weighted by Gasteiger charge is 2.26. The third-order valence-corrected chi connectivity index (χ3v) is 8.33. The normalized spacial score (nSPS) is 18.4. The third-order valence-electron chi connectivity index (χ3n) is 8.33. The van der Waals surface area contributed by atoms with Gasteiger partial charge in [0.2, 0.25) is 11.8 Å². The molecule has 10 heteroatoms. The van der Waals surface area contributed by atoms with Crippen LogP contribution in [0.1, 0.15) is 38.8 Å². The van der Waals surface area contributed by atoms with Gasteiger partial charge in [0.1, 0.15) is 0 Å². The lowest BCUT2D eigenvalue weighted by atomic mass is 10.0. The zero-order valence-corrected chi connectivity index (χ0v) is 27.8. The van der Waals surface area contributed by atoms with Crippen molar-refractivity contribution in [3.63, 3.8) is 0 Å². The van der Waals surface area contributed by atoms with Crippen LogP contribution in [0.2, 0.25) is 0 Å².